The number of aryl methyl sites for hydroxylation is 2. The fourth-order valence-electron chi connectivity index (χ4n) is 3.37. The van der Waals surface area contributed by atoms with Crippen LogP contribution in [0.5, 0.6) is 5.75 Å². The topological polar surface area (TPSA) is 73.6 Å². The van der Waals surface area contributed by atoms with Crippen LogP contribution in [-0.2, 0) is 0 Å². The van der Waals surface area contributed by atoms with E-state index in [1.807, 2.05) is 83.1 Å². The predicted molar refractivity (Wildman–Crippen MR) is 141 cm³/mol. The lowest BCUT2D eigenvalue weighted by Crippen LogP contribution is -2.01. The van der Waals surface area contributed by atoms with Crippen LogP contribution in [0, 0.1) is 13.8 Å². The van der Waals surface area contributed by atoms with Gasteiger partial charge in [0.25, 0.3) is 0 Å². The molecule has 35 heavy (non-hydrogen) atoms. The van der Waals surface area contributed by atoms with E-state index in [0.717, 1.165) is 34.6 Å². The molecule has 0 fully saturated rings. The largest absolute Gasteiger partial charge is 0.496 e. The van der Waals surface area contributed by atoms with Gasteiger partial charge in [0.2, 0.25) is 0 Å². The van der Waals surface area contributed by atoms with E-state index in [-0.39, 0.29) is 11.6 Å². The Balaban J connectivity index is 0.000000302. The first-order chi connectivity index (χ1) is 16.8. The summed E-state index contributed by atoms with van der Waals surface area (Å²) in [6, 6.07) is 17.2. The molecule has 0 atom stereocenters. The standard InChI is InChI=1S/C18H19N3O2.C9H10O.C2H6/c1-4-5-16(22)14-11-18-19-9-8-15(21(18)20-14)13-7-6-12(2)17(10-13)23-3;1-7-3-5-9(6-4-7)8(2)10;1-2/h6-11H,4-5H2,1-3H3;3-6H,1-2H3;1-2H3. The summed E-state index contributed by atoms with van der Waals surface area (Å²) in [6.45, 7) is 11.6. The third kappa shape index (κ3) is 7.09. The van der Waals surface area contributed by atoms with Crippen molar-refractivity contribution in [2.45, 2.75) is 54.4 Å². The Morgan fingerprint density at radius 1 is 0.971 bits per heavy atom. The van der Waals surface area contributed by atoms with Gasteiger partial charge in [0, 0.05) is 29.8 Å². The maximum Gasteiger partial charge on any atom is 0.183 e. The maximum atomic E-state index is 12.1. The van der Waals surface area contributed by atoms with Crippen molar-refractivity contribution < 1.29 is 14.3 Å². The lowest BCUT2D eigenvalue weighted by Gasteiger charge is -2.09. The van der Waals surface area contributed by atoms with E-state index in [4.69, 9.17) is 4.74 Å². The van der Waals surface area contributed by atoms with Gasteiger partial charge in [0.15, 0.2) is 17.2 Å². The number of carbonyl (C=O) groups excluding carboxylic acids is 2. The summed E-state index contributed by atoms with van der Waals surface area (Å²) in [6.07, 6.45) is 3.03. The molecule has 0 unspecified atom stereocenters. The Labute approximate surface area is 208 Å². The molecule has 0 radical (unpaired) electrons. The smallest absolute Gasteiger partial charge is 0.183 e. The number of hydrogen-bond acceptors (Lipinski definition) is 5. The van der Waals surface area contributed by atoms with E-state index in [1.54, 1.807) is 30.8 Å². The highest BCUT2D eigenvalue weighted by molar-refractivity contribution is 5.95. The number of nitrogens with zero attached hydrogens (tertiary/aromatic N) is 3. The van der Waals surface area contributed by atoms with Gasteiger partial charge < -0.3 is 4.74 Å². The normalized spacial score (nSPS) is 10.0. The third-order valence-electron chi connectivity index (χ3n) is 5.28. The molecule has 0 saturated carbocycles. The molecule has 2 aromatic heterocycles. The Morgan fingerprint density at radius 2 is 1.66 bits per heavy atom. The Morgan fingerprint density at radius 3 is 2.26 bits per heavy atom. The summed E-state index contributed by atoms with van der Waals surface area (Å²) in [5, 5.41) is 4.45. The molecule has 0 spiro atoms. The second-order valence-electron chi connectivity index (χ2n) is 7.91. The molecular formula is C29H35N3O3. The van der Waals surface area contributed by atoms with E-state index in [9.17, 15) is 9.59 Å². The summed E-state index contributed by atoms with van der Waals surface area (Å²) in [4.78, 5) is 27.1. The van der Waals surface area contributed by atoms with Crippen LogP contribution in [0.25, 0.3) is 16.9 Å². The number of ketones is 2. The Bertz CT molecular complexity index is 1270. The number of hydrogen-bond donors (Lipinski definition) is 0. The zero-order valence-electron chi connectivity index (χ0n) is 21.8. The second-order valence-corrected chi connectivity index (χ2v) is 7.91. The molecule has 0 aliphatic carbocycles. The molecule has 0 saturated heterocycles. The van der Waals surface area contributed by atoms with Crippen LogP contribution in [0.15, 0.2) is 60.8 Å². The molecule has 0 N–H and O–H groups in total. The minimum atomic E-state index is 0.0467. The zero-order chi connectivity index (χ0) is 26.0. The van der Waals surface area contributed by atoms with Gasteiger partial charge in [-0.25, -0.2) is 9.50 Å². The molecule has 0 amide bonds. The van der Waals surface area contributed by atoms with Crippen molar-refractivity contribution >= 4 is 17.2 Å². The van der Waals surface area contributed by atoms with Crippen molar-refractivity contribution in [3.8, 4) is 17.0 Å². The van der Waals surface area contributed by atoms with Crippen LogP contribution in [0.3, 0.4) is 0 Å². The van der Waals surface area contributed by atoms with Gasteiger partial charge in [-0.3, -0.25) is 9.59 Å². The molecule has 2 aromatic carbocycles. The molecule has 0 aliphatic heterocycles. The Hall–Kier alpha value is -3.80. The average Bonchev–Trinajstić information content (AvgIpc) is 3.31. The summed E-state index contributed by atoms with van der Waals surface area (Å²) >= 11 is 0. The lowest BCUT2D eigenvalue weighted by atomic mass is 10.1. The first kappa shape index (κ1) is 27.4. The highest BCUT2D eigenvalue weighted by Crippen LogP contribution is 2.27. The first-order valence-electron chi connectivity index (χ1n) is 11.9. The SMILES string of the molecule is CC.CC(=O)c1ccc(C)cc1.CCCC(=O)c1cc2nccc(-c3ccc(C)c(OC)c3)n2n1. The van der Waals surface area contributed by atoms with E-state index in [0.29, 0.717) is 17.8 Å². The van der Waals surface area contributed by atoms with Crippen LogP contribution in [0.2, 0.25) is 0 Å². The highest BCUT2D eigenvalue weighted by atomic mass is 16.5. The number of benzene rings is 2. The van der Waals surface area contributed by atoms with Crippen molar-refractivity contribution in [3.63, 3.8) is 0 Å². The van der Waals surface area contributed by atoms with Crippen molar-refractivity contribution in [2.75, 3.05) is 7.11 Å². The molecule has 184 valence electrons. The van der Waals surface area contributed by atoms with Crippen molar-refractivity contribution in [2.24, 2.45) is 0 Å². The number of rotatable bonds is 6. The molecule has 4 aromatic rings. The van der Waals surface area contributed by atoms with Gasteiger partial charge in [0.1, 0.15) is 11.4 Å². The van der Waals surface area contributed by atoms with Crippen LogP contribution >= 0.6 is 0 Å². The Kier molecular flexibility index (Phi) is 10.3. The number of ether oxygens (including phenoxy) is 1. The number of aromatic nitrogens is 3. The quantitative estimate of drug-likeness (QED) is 0.284. The average molecular weight is 474 g/mol. The van der Waals surface area contributed by atoms with Gasteiger partial charge in [0.05, 0.1) is 12.8 Å². The highest BCUT2D eigenvalue weighted by Gasteiger charge is 2.14. The zero-order valence-corrected chi connectivity index (χ0v) is 21.8. The van der Waals surface area contributed by atoms with E-state index < -0.39 is 0 Å². The summed E-state index contributed by atoms with van der Waals surface area (Å²) in [5.74, 6) is 0.993. The van der Waals surface area contributed by atoms with Gasteiger partial charge >= 0.3 is 0 Å². The molecule has 6 heteroatoms. The summed E-state index contributed by atoms with van der Waals surface area (Å²) in [7, 11) is 1.66. The lowest BCUT2D eigenvalue weighted by molar-refractivity contribution is 0.0975. The van der Waals surface area contributed by atoms with Gasteiger partial charge in [-0.2, -0.15) is 5.10 Å². The third-order valence-corrected chi connectivity index (χ3v) is 5.28. The maximum absolute atomic E-state index is 12.1. The van der Waals surface area contributed by atoms with Crippen molar-refractivity contribution in [1.82, 2.24) is 14.6 Å². The van der Waals surface area contributed by atoms with Gasteiger partial charge in [-0.15, -0.1) is 0 Å². The fraction of sp³-hybridized carbons (Fsp3) is 0.310. The van der Waals surface area contributed by atoms with E-state index >= 15 is 0 Å². The molecule has 0 bridgehead atoms. The van der Waals surface area contributed by atoms with Crippen molar-refractivity contribution in [1.29, 1.82) is 0 Å². The summed E-state index contributed by atoms with van der Waals surface area (Å²) < 4.78 is 7.11. The summed E-state index contributed by atoms with van der Waals surface area (Å²) in [5.41, 5.74) is 6.02. The fourth-order valence-corrected chi connectivity index (χ4v) is 3.37. The first-order valence-corrected chi connectivity index (χ1v) is 11.9. The van der Waals surface area contributed by atoms with Gasteiger partial charge in [-0.1, -0.05) is 62.7 Å². The number of Topliss-reactive ketones (excluding diaryl/α,β-unsaturated/α-hetero) is 2. The minimum absolute atomic E-state index is 0.0467. The molecule has 0 aliphatic rings. The number of fused-ring (bicyclic) bond motifs is 1. The van der Waals surface area contributed by atoms with E-state index in [1.165, 1.54) is 5.56 Å². The molecular weight excluding hydrogens is 438 g/mol. The number of carbonyl (C=O) groups is 2. The van der Waals surface area contributed by atoms with Crippen LogP contribution in [-0.4, -0.2) is 33.3 Å². The van der Waals surface area contributed by atoms with Crippen LogP contribution in [0.4, 0.5) is 0 Å². The van der Waals surface area contributed by atoms with Gasteiger partial charge in [-0.05, 0) is 44.9 Å². The minimum Gasteiger partial charge on any atom is -0.496 e. The molecule has 2 heterocycles. The van der Waals surface area contributed by atoms with Crippen molar-refractivity contribution in [3.05, 3.63) is 83.2 Å². The predicted octanol–water partition coefficient (Wildman–Crippen LogP) is 6.92. The second kappa shape index (κ2) is 13.2. The van der Waals surface area contributed by atoms with E-state index in [2.05, 4.69) is 10.1 Å². The molecule has 6 nitrogen and oxygen atoms in total. The monoisotopic (exact) mass is 473 g/mol. The van der Waals surface area contributed by atoms with Crippen LogP contribution in [0.1, 0.15) is 72.5 Å². The number of methoxy groups -OCH3 is 1. The van der Waals surface area contributed by atoms with Crippen LogP contribution < -0.4 is 4.74 Å². The molecule has 4 rings (SSSR count).